The molecule has 0 amide bonds. The van der Waals surface area contributed by atoms with Crippen LogP contribution in [0.2, 0.25) is 0 Å². The van der Waals surface area contributed by atoms with Crippen molar-refractivity contribution in [2.45, 2.75) is 27.3 Å². The fourth-order valence-corrected chi connectivity index (χ4v) is 1.72. The van der Waals surface area contributed by atoms with Gasteiger partial charge in [-0.1, -0.05) is 0 Å². The molecular weight excluding hydrogens is 233 g/mol. The number of imidazole rings is 1. The summed E-state index contributed by atoms with van der Waals surface area (Å²) in [5.41, 5.74) is 1.12. The van der Waals surface area contributed by atoms with Gasteiger partial charge in [0.25, 0.3) is 0 Å². The quantitative estimate of drug-likeness (QED) is 0.902. The Bertz CT molecular complexity index is 549. The number of aryl methyl sites for hydroxylation is 2. The summed E-state index contributed by atoms with van der Waals surface area (Å²) in [5, 5.41) is 2.90. The van der Waals surface area contributed by atoms with Crippen molar-refractivity contribution in [3.63, 3.8) is 0 Å². The van der Waals surface area contributed by atoms with Crippen molar-refractivity contribution in [2.75, 3.05) is 11.9 Å². The zero-order valence-electron chi connectivity index (χ0n) is 10.7. The molecule has 0 saturated carbocycles. The largest absolute Gasteiger partial charge is 0.368 e. The molecule has 0 unspecified atom stereocenters. The van der Waals surface area contributed by atoms with E-state index in [1.165, 1.54) is 0 Å². The van der Waals surface area contributed by atoms with E-state index in [2.05, 4.69) is 20.3 Å². The molecule has 1 N–H and O–H groups in total. The van der Waals surface area contributed by atoms with Gasteiger partial charge < -0.3 is 9.88 Å². The monoisotopic (exact) mass is 249 g/mol. The van der Waals surface area contributed by atoms with Crippen molar-refractivity contribution in [2.24, 2.45) is 0 Å². The van der Waals surface area contributed by atoms with Gasteiger partial charge in [-0.25, -0.2) is 19.3 Å². The van der Waals surface area contributed by atoms with Gasteiger partial charge in [0.2, 0.25) is 0 Å². The number of anilines is 1. The van der Waals surface area contributed by atoms with E-state index in [4.69, 9.17) is 0 Å². The number of aromatic nitrogens is 4. The molecule has 0 aliphatic carbocycles. The van der Waals surface area contributed by atoms with E-state index >= 15 is 0 Å². The molecule has 2 rings (SSSR count). The van der Waals surface area contributed by atoms with Gasteiger partial charge >= 0.3 is 0 Å². The summed E-state index contributed by atoms with van der Waals surface area (Å²) in [6.45, 7) is 6.92. The van der Waals surface area contributed by atoms with Gasteiger partial charge in [0.15, 0.2) is 17.5 Å². The molecule has 0 fully saturated rings. The normalized spacial score (nSPS) is 10.7. The molecule has 0 saturated heterocycles. The molecule has 0 radical (unpaired) electrons. The fourth-order valence-electron chi connectivity index (χ4n) is 1.72. The highest BCUT2D eigenvalue weighted by Crippen LogP contribution is 2.20. The Kier molecular flexibility index (Phi) is 3.55. The Labute approximate surface area is 105 Å². The van der Waals surface area contributed by atoms with Crippen LogP contribution in [0.5, 0.6) is 0 Å². The SMILES string of the molecule is CCNc1nc(-c2cncn2CC)nc(C)c1F. The van der Waals surface area contributed by atoms with Crippen LogP contribution >= 0.6 is 0 Å². The zero-order valence-corrected chi connectivity index (χ0v) is 10.7. The number of nitrogens with zero attached hydrogens (tertiary/aromatic N) is 4. The summed E-state index contributed by atoms with van der Waals surface area (Å²) < 4.78 is 15.7. The van der Waals surface area contributed by atoms with Crippen LogP contribution < -0.4 is 5.32 Å². The first kappa shape index (κ1) is 12.5. The molecule has 0 aromatic carbocycles. The Morgan fingerprint density at radius 3 is 2.78 bits per heavy atom. The molecule has 5 nitrogen and oxygen atoms in total. The Morgan fingerprint density at radius 1 is 1.33 bits per heavy atom. The molecule has 2 aromatic rings. The lowest BCUT2D eigenvalue weighted by molar-refractivity contribution is 0.605. The number of hydrogen-bond donors (Lipinski definition) is 1. The number of halogens is 1. The second-order valence-electron chi connectivity index (χ2n) is 3.89. The molecule has 0 aliphatic heterocycles. The van der Waals surface area contributed by atoms with E-state index in [0.29, 0.717) is 18.1 Å². The minimum Gasteiger partial charge on any atom is -0.368 e. The highest BCUT2D eigenvalue weighted by atomic mass is 19.1. The second kappa shape index (κ2) is 5.12. The first-order chi connectivity index (χ1) is 8.67. The first-order valence-corrected chi connectivity index (χ1v) is 5.95. The molecule has 2 heterocycles. The van der Waals surface area contributed by atoms with Crippen molar-refractivity contribution >= 4 is 5.82 Å². The smallest absolute Gasteiger partial charge is 0.186 e. The van der Waals surface area contributed by atoms with Crippen LogP contribution in [0.4, 0.5) is 10.2 Å². The van der Waals surface area contributed by atoms with Gasteiger partial charge in [-0.05, 0) is 20.8 Å². The van der Waals surface area contributed by atoms with E-state index in [-0.39, 0.29) is 5.82 Å². The predicted molar refractivity (Wildman–Crippen MR) is 67.8 cm³/mol. The van der Waals surface area contributed by atoms with Crippen molar-refractivity contribution in [1.29, 1.82) is 0 Å². The summed E-state index contributed by atoms with van der Waals surface area (Å²) in [6.07, 6.45) is 3.40. The van der Waals surface area contributed by atoms with Crippen LogP contribution in [0.15, 0.2) is 12.5 Å². The minimum atomic E-state index is -0.400. The third kappa shape index (κ3) is 2.18. The Balaban J connectivity index is 2.52. The standard InChI is InChI=1S/C12H16FN5/c1-4-15-12-10(13)8(3)16-11(17-12)9-6-14-7-18(9)5-2/h6-7H,4-5H2,1-3H3,(H,15,16,17). The first-order valence-electron chi connectivity index (χ1n) is 5.95. The summed E-state index contributed by atoms with van der Waals surface area (Å²) in [4.78, 5) is 12.5. The lowest BCUT2D eigenvalue weighted by Gasteiger charge is -2.09. The Hall–Kier alpha value is -1.98. The highest BCUT2D eigenvalue weighted by Gasteiger charge is 2.14. The molecule has 0 atom stereocenters. The maximum Gasteiger partial charge on any atom is 0.186 e. The lowest BCUT2D eigenvalue weighted by Crippen LogP contribution is -2.08. The van der Waals surface area contributed by atoms with E-state index in [0.717, 1.165) is 12.2 Å². The van der Waals surface area contributed by atoms with E-state index in [1.807, 2.05) is 18.4 Å². The van der Waals surface area contributed by atoms with Crippen LogP contribution in [-0.4, -0.2) is 26.1 Å². The van der Waals surface area contributed by atoms with Crippen LogP contribution in [0.3, 0.4) is 0 Å². The van der Waals surface area contributed by atoms with Crippen molar-refractivity contribution in [3.05, 3.63) is 24.0 Å². The van der Waals surface area contributed by atoms with E-state index in [1.54, 1.807) is 19.4 Å². The summed E-state index contributed by atoms with van der Waals surface area (Å²) in [5.74, 6) is 0.330. The topological polar surface area (TPSA) is 55.6 Å². The average Bonchev–Trinajstić information content (AvgIpc) is 2.83. The predicted octanol–water partition coefficient (Wildman–Crippen LogP) is 2.24. The molecule has 0 bridgehead atoms. The molecular formula is C12H16FN5. The maximum absolute atomic E-state index is 13.8. The lowest BCUT2D eigenvalue weighted by atomic mass is 10.3. The van der Waals surface area contributed by atoms with Gasteiger partial charge in [-0.15, -0.1) is 0 Å². The molecule has 0 spiro atoms. The van der Waals surface area contributed by atoms with Crippen LogP contribution in [0.1, 0.15) is 19.5 Å². The van der Waals surface area contributed by atoms with Gasteiger partial charge in [0, 0.05) is 13.1 Å². The molecule has 2 aromatic heterocycles. The van der Waals surface area contributed by atoms with Crippen LogP contribution in [0.25, 0.3) is 11.5 Å². The van der Waals surface area contributed by atoms with Gasteiger partial charge in [0.1, 0.15) is 5.69 Å². The molecule has 6 heteroatoms. The van der Waals surface area contributed by atoms with Crippen molar-refractivity contribution < 1.29 is 4.39 Å². The molecule has 0 aliphatic rings. The summed E-state index contributed by atoms with van der Waals surface area (Å²) in [6, 6.07) is 0. The summed E-state index contributed by atoms with van der Waals surface area (Å²) >= 11 is 0. The zero-order chi connectivity index (χ0) is 13.1. The molecule has 96 valence electrons. The number of nitrogens with one attached hydrogen (secondary N) is 1. The Morgan fingerprint density at radius 2 is 2.11 bits per heavy atom. The molecule has 18 heavy (non-hydrogen) atoms. The third-order valence-corrected chi connectivity index (χ3v) is 2.64. The van der Waals surface area contributed by atoms with Crippen LogP contribution in [0, 0.1) is 12.7 Å². The van der Waals surface area contributed by atoms with Crippen molar-refractivity contribution in [3.8, 4) is 11.5 Å². The van der Waals surface area contributed by atoms with Gasteiger partial charge in [-0.2, -0.15) is 0 Å². The van der Waals surface area contributed by atoms with Gasteiger partial charge in [-0.3, -0.25) is 0 Å². The average molecular weight is 249 g/mol. The third-order valence-electron chi connectivity index (χ3n) is 2.64. The van der Waals surface area contributed by atoms with Gasteiger partial charge in [0.05, 0.1) is 18.2 Å². The van der Waals surface area contributed by atoms with Crippen LogP contribution in [-0.2, 0) is 6.54 Å². The van der Waals surface area contributed by atoms with Crippen molar-refractivity contribution in [1.82, 2.24) is 19.5 Å². The number of rotatable bonds is 4. The maximum atomic E-state index is 13.8. The van der Waals surface area contributed by atoms with E-state index in [9.17, 15) is 4.39 Å². The fraction of sp³-hybridized carbons (Fsp3) is 0.417. The number of hydrogen-bond acceptors (Lipinski definition) is 4. The highest BCUT2D eigenvalue weighted by molar-refractivity contribution is 5.53. The van der Waals surface area contributed by atoms with E-state index < -0.39 is 5.82 Å². The summed E-state index contributed by atoms with van der Waals surface area (Å²) in [7, 11) is 0. The minimum absolute atomic E-state index is 0.240. The second-order valence-corrected chi connectivity index (χ2v) is 3.89.